The lowest BCUT2D eigenvalue weighted by atomic mass is 9.88. The summed E-state index contributed by atoms with van der Waals surface area (Å²) in [5.74, 6) is -0.0191. The Labute approximate surface area is 178 Å². The summed E-state index contributed by atoms with van der Waals surface area (Å²) in [6.07, 6.45) is 4.20. The first-order valence-corrected chi connectivity index (χ1v) is 10.6. The predicted molar refractivity (Wildman–Crippen MR) is 115 cm³/mol. The molecule has 2 atom stereocenters. The minimum absolute atomic E-state index is 0.0191. The van der Waals surface area contributed by atoms with Crippen LogP contribution in [0.4, 0.5) is 4.79 Å². The normalized spacial score (nSPS) is 20.0. The number of pyridine rings is 1. The Hall–Kier alpha value is -2.44. The van der Waals surface area contributed by atoms with E-state index in [0.29, 0.717) is 13.0 Å². The van der Waals surface area contributed by atoms with Crippen LogP contribution in [0.3, 0.4) is 0 Å². The highest BCUT2D eigenvalue weighted by Crippen LogP contribution is 2.28. The molecule has 6 nitrogen and oxygen atoms in total. The molecule has 1 saturated heterocycles. The zero-order valence-corrected chi connectivity index (χ0v) is 18.1. The third kappa shape index (κ3) is 6.82. The van der Waals surface area contributed by atoms with Gasteiger partial charge in [0.15, 0.2) is 0 Å². The van der Waals surface area contributed by atoms with Gasteiger partial charge >= 0.3 is 6.16 Å². The molecule has 2 unspecified atom stereocenters. The van der Waals surface area contributed by atoms with Crippen LogP contribution in [-0.4, -0.2) is 46.1 Å². The molecule has 1 N–H and O–H groups in total. The number of hydrogen-bond acceptors (Lipinski definition) is 6. The average Bonchev–Trinajstić information content (AvgIpc) is 2.68. The van der Waals surface area contributed by atoms with E-state index in [1.165, 1.54) is 10.6 Å². The highest BCUT2D eigenvalue weighted by molar-refractivity contribution is 5.60. The second-order valence-corrected chi connectivity index (χ2v) is 8.83. The minimum Gasteiger partial charge on any atom is -0.427 e. The number of ether oxygens (including phenoxy) is 1. The van der Waals surface area contributed by atoms with Crippen molar-refractivity contribution in [3.8, 4) is 0 Å². The highest BCUT2D eigenvalue weighted by atomic mass is 16.8. The fourth-order valence-corrected chi connectivity index (χ4v) is 3.67. The quantitative estimate of drug-likeness (QED) is 0.714. The van der Waals surface area contributed by atoms with E-state index in [1.54, 1.807) is 20.8 Å². The van der Waals surface area contributed by atoms with Crippen LogP contribution in [0.1, 0.15) is 56.4 Å². The summed E-state index contributed by atoms with van der Waals surface area (Å²) < 4.78 is 5.17. The van der Waals surface area contributed by atoms with Gasteiger partial charge in [0.25, 0.3) is 0 Å². The number of benzene rings is 1. The van der Waals surface area contributed by atoms with Crippen LogP contribution in [0.25, 0.3) is 0 Å². The van der Waals surface area contributed by atoms with Crippen LogP contribution >= 0.6 is 0 Å². The monoisotopic (exact) mass is 412 g/mol. The van der Waals surface area contributed by atoms with Crippen molar-refractivity contribution in [2.75, 3.05) is 13.1 Å². The fraction of sp³-hybridized carbons (Fsp3) is 0.500. The number of hydroxylamine groups is 2. The summed E-state index contributed by atoms with van der Waals surface area (Å²) in [6, 6.07) is 14.6. The summed E-state index contributed by atoms with van der Waals surface area (Å²) in [7, 11) is 0. The first kappa shape index (κ1) is 22.2. The number of β-amino-alcohol motifs (C(OH)–C–C–N with tert-alkyl or cyclic N) is 1. The molecule has 162 valence electrons. The molecule has 1 aliphatic rings. The van der Waals surface area contributed by atoms with Gasteiger partial charge in [0.2, 0.25) is 0 Å². The molecule has 30 heavy (non-hydrogen) atoms. The van der Waals surface area contributed by atoms with Gasteiger partial charge in [0.1, 0.15) is 5.60 Å². The smallest absolute Gasteiger partial charge is 0.427 e. The van der Waals surface area contributed by atoms with Crippen LogP contribution < -0.4 is 0 Å². The molecule has 3 rings (SSSR count). The van der Waals surface area contributed by atoms with Crippen LogP contribution in [0.15, 0.2) is 48.7 Å². The molecule has 1 fully saturated rings. The summed E-state index contributed by atoms with van der Waals surface area (Å²) in [5, 5.41) is 12.0. The van der Waals surface area contributed by atoms with E-state index in [0.717, 1.165) is 30.5 Å². The third-order valence-corrected chi connectivity index (χ3v) is 5.15. The number of piperidine rings is 1. The molecule has 0 radical (unpaired) electrons. The zero-order valence-electron chi connectivity index (χ0n) is 18.1. The van der Waals surface area contributed by atoms with E-state index in [2.05, 4.69) is 41.4 Å². The summed E-state index contributed by atoms with van der Waals surface area (Å²) in [4.78, 5) is 21.6. The van der Waals surface area contributed by atoms with E-state index in [-0.39, 0.29) is 12.5 Å². The molecular formula is C24H32N2O4. The van der Waals surface area contributed by atoms with Gasteiger partial charge in [0, 0.05) is 24.4 Å². The first-order chi connectivity index (χ1) is 14.3. The Morgan fingerprint density at radius 1 is 1.17 bits per heavy atom. The standard InChI is InChI=1S/C24H32N2O4/c1-24(2,3)29-23(28)30-26-15-14-21(22(27)17-26)19-12-13-20(25-16-19)11-7-10-18-8-5-4-6-9-18/h4-6,8-9,12-13,16,21-22,27H,7,10-11,14-15,17H2,1-3H3. The third-order valence-electron chi connectivity index (χ3n) is 5.15. The number of aryl methyl sites for hydroxylation is 2. The van der Waals surface area contributed by atoms with E-state index in [9.17, 15) is 9.90 Å². The van der Waals surface area contributed by atoms with Crippen molar-refractivity contribution in [1.82, 2.24) is 10.0 Å². The number of rotatable bonds is 6. The molecule has 2 heterocycles. The number of hydrogen-bond donors (Lipinski definition) is 1. The number of aliphatic hydroxyl groups excluding tert-OH is 1. The second kappa shape index (κ2) is 10.0. The number of aromatic nitrogens is 1. The lowest BCUT2D eigenvalue weighted by molar-refractivity contribution is -0.170. The molecule has 1 aromatic heterocycles. The van der Waals surface area contributed by atoms with Crippen molar-refractivity contribution in [3.05, 3.63) is 65.5 Å². The largest absolute Gasteiger partial charge is 0.528 e. The summed E-state index contributed by atoms with van der Waals surface area (Å²) in [5.41, 5.74) is 2.82. The maximum absolute atomic E-state index is 11.8. The van der Waals surface area contributed by atoms with Gasteiger partial charge in [-0.1, -0.05) is 36.4 Å². The van der Waals surface area contributed by atoms with E-state index in [4.69, 9.17) is 9.57 Å². The molecule has 0 aliphatic carbocycles. The Morgan fingerprint density at radius 3 is 2.57 bits per heavy atom. The Morgan fingerprint density at radius 2 is 1.93 bits per heavy atom. The zero-order chi connectivity index (χ0) is 21.6. The molecule has 0 amide bonds. The van der Waals surface area contributed by atoms with Gasteiger partial charge in [-0.15, -0.1) is 5.06 Å². The molecular weight excluding hydrogens is 380 g/mol. The van der Waals surface area contributed by atoms with Crippen LogP contribution in [-0.2, 0) is 22.4 Å². The highest BCUT2D eigenvalue weighted by Gasteiger charge is 2.32. The Kier molecular flexibility index (Phi) is 7.45. The van der Waals surface area contributed by atoms with Gasteiger partial charge in [-0.05, 0) is 63.6 Å². The molecule has 1 aromatic carbocycles. The van der Waals surface area contributed by atoms with Gasteiger partial charge < -0.3 is 14.7 Å². The van der Waals surface area contributed by atoms with Crippen LogP contribution in [0, 0.1) is 0 Å². The first-order valence-electron chi connectivity index (χ1n) is 10.6. The molecule has 0 spiro atoms. The topological polar surface area (TPSA) is 71.9 Å². The number of nitrogens with zero attached hydrogens (tertiary/aromatic N) is 2. The van der Waals surface area contributed by atoms with Gasteiger partial charge in [0.05, 0.1) is 12.6 Å². The van der Waals surface area contributed by atoms with E-state index < -0.39 is 17.9 Å². The maximum Gasteiger partial charge on any atom is 0.528 e. The lowest BCUT2D eigenvalue weighted by Crippen LogP contribution is -2.44. The van der Waals surface area contributed by atoms with E-state index in [1.807, 2.05) is 12.3 Å². The number of aliphatic hydroxyl groups is 1. The van der Waals surface area contributed by atoms with E-state index >= 15 is 0 Å². The van der Waals surface area contributed by atoms with Gasteiger partial charge in [-0.25, -0.2) is 4.79 Å². The molecule has 2 aromatic rings. The van der Waals surface area contributed by atoms with Crippen molar-refractivity contribution < 1.29 is 19.5 Å². The fourth-order valence-electron chi connectivity index (χ4n) is 3.67. The molecule has 0 bridgehead atoms. The molecule has 0 saturated carbocycles. The average molecular weight is 413 g/mol. The Balaban J connectivity index is 1.46. The van der Waals surface area contributed by atoms with Crippen molar-refractivity contribution in [3.63, 3.8) is 0 Å². The number of carbonyl (C=O) groups is 1. The molecule has 6 heteroatoms. The van der Waals surface area contributed by atoms with Crippen molar-refractivity contribution in [1.29, 1.82) is 0 Å². The van der Waals surface area contributed by atoms with Gasteiger partial charge in [-0.2, -0.15) is 0 Å². The lowest BCUT2D eigenvalue weighted by Gasteiger charge is -2.34. The summed E-state index contributed by atoms with van der Waals surface area (Å²) in [6.45, 7) is 6.15. The summed E-state index contributed by atoms with van der Waals surface area (Å²) >= 11 is 0. The number of carbonyl (C=O) groups excluding carboxylic acids is 1. The van der Waals surface area contributed by atoms with Crippen molar-refractivity contribution >= 4 is 6.16 Å². The van der Waals surface area contributed by atoms with Crippen molar-refractivity contribution in [2.45, 2.75) is 64.1 Å². The van der Waals surface area contributed by atoms with Crippen LogP contribution in [0.2, 0.25) is 0 Å². The Bertz CT molecular complexity index is 802. The predicted octanol–water partition coefficient (Wildman–Crippen LogP) is 4.27. The maximum atomic E-state index is 11.8. The van der Waals surface area contributed by atoms with Crippen LogP contribution in [0.5, 0.6) is 0 Å². The molecule has 1 aliphatic heterocycles. The van der Waals surface area contributed by atoms with Crippen molar-refractivity contribution in [2.24, 2.45) is 0 Å². The second-order valence-electron chi connectivity index (χ2n) is 8.83. The SMILES string of the molecule is CC(C)(C)OC(=O)ON1CCC(c2ccc(CCCc3ccccc3)nc2)C(O)C1. The van der Waals surface area contributed by atoms with Gasteiger partial charge in [-0.3, -0.25) is 4.98 Å². The minimum atomic E-state index is -0.741.